The Morgan fingerprint density at radius 3 is 2.68 bits per heavy atom. The second-order valence-electron chi connectivity index (χ2n) is 6.37. The van der Waals surface area contributed by atoms with E-state index in [0.29, 0.717) is 13.2 Å². The third kappa shape index (κ3) is 3.68. The Labute approximate surface area is 116 Å². The molecule has 19 heavy (non-hydrogen) atoms. The molecule has 2 aliphatic rings. The van der Waals surface area contributed by atoms with Gasteiger partial charge in [-0.05, 0) is 45.4 Å². The van der Waals surface area contributed by atoms with Crippen molar-refractivity contribution in [2.24, 2.45) is 11.3 Å². The number of amides is 1. The fourth-order valence-corrected chi connectivity index (χ4v) is 2.86. The predicted octanol–water partition coefficient (Wildman–Crippen LogP) is 0.0689. The first-order valence-electron chi connectivity index (χ1n) is 7.25. The van der Waals surface area contributed by atoms with Crippen molar-refractivity contribution in [3.05, 3.63) is 0 Å². The standard InChI is InChI=1S/C14H27N3O2/c1-14(4-6-17(3)7-5-14)10-16-13(18)11-8-19-9-12(11)15-2/h11-12,15H,4-10H2,1-3H3,(H,16,18). The zero-order valence-corrected chi connectivity index (χ0v) is 12.4. The number of carbonyl (C=O) groups is 1. The van der Waals surface area contributed by atoms with Crippen LogP contribution in [-0.4, -0.2) is 63.8 Å². The highest BCUT2D eigenvalue weighted by Crippen LogP contribution is 2.29. The number of nitrogens with zero attached hydrogens (tertiary/aromatic N) is 1. The van der Waals surface area contributed by atoms with Crippen molar-refractivity contribution in [3.8, 4) is 0 Å². The van der Waals surface area contributed by atoms with Crippen molar-refractivity contribution in [1.29, 1.82) is 0 Å². The van der Waals surface area contributed by atoms with Crippen LogP contribution < -0.4 is 10.6 Å². The molecular formula is C14H27N3O2. The van der Waals surface area contributed by atoms with Gasteiger partial charge in [0.25, 0.3) is 0 Å². The second-order valence-corrected chi connectivity index (χ2v) is 6.37. The van der Waals surface area contributed by atoms with Crippen LogP contribution in [0.2, 0.25) is 0 Å². The Balaban J connectivity index is 1.80. The quantitative estimate of drug-likeness (QED) is 0.758. The van der Waals surface area contributed by atoms with Gasteiger partial charge in [0.2, 0.25) is 5.91 Å². The van der Waals surface area contributed by atoms with Crippen LogP contribution in [0.25, 0.3) is 0 Å². The molecule has 0 radical (unpaired) electrons. The molecular weight excluding hydrogens is 242 g/mol. The summed E-state index contributed by atoms with van der Waals surface area (Å²) >= 11 is 0. The van der Waals surface area contributed by atoms with Crippen molar-refractivity contribution in [2.45, 2.75) is 25.8 Å². The lowest BCUT2D eigenvalue weighted by Crippen LogP contribution is -2.47. The molecule has 5 heteroatoms. The Kier molecular flexibility index (Phi) is 4.81. The van der Waals surface area contributed by atoms with Crippen molar-refractivity contribution in [1.82, 2.24) is 15.5 Å². The first-order valence-corrected chi connectivity index (χ1v) is 7.25. The monoisotopic (exact) mass is 269 g/mol. The van der Waals surface area contributed by atoms with E-state index in [1.807, 2.05) is 7.05 Å². The Morgan fingerprint density at radius 2 is 2.05 bits per heavy atom. The van der Waals surface area contributed by atoms with E-state index in [4.69, 9.17) is 4.74 Å². The van der Waals surface area contributed by atoms with Gasteiger partial charge in [0, 0.05) is 12.6 Å². The number of rotatable bonds is 4. The van der Waals surface area contributed by atoms with E-state index in [0.717, 1.165) is 32.5 Å². The summed E-state index contributed by atoms with van der Waals surface area (Å²) < 4.78 is 5.38. The van der Waals surface area contributed by atoms with Gasteiger partial charge in [-0.15, -0.1) is 0 Å². The van der Waals surface area contributed by atoms with Gasteiger partial charge in [0.1, 0.15) is 0 Å². The zero-order valence-electron chi connectivity index (χ0n) is 12.4. The van der Waals surface area contributed by atoms with Crippen molar-refractivity contribution >= 4 is 5.91 Å². The van der Waals surface area contributed by atoms with Crippen LogP contribution in [0.5, 0.6) is 0 Å². The lowest BCUT2D eigenvalue weighted by molar-refractivity contribution is -0.126. The molecule has 0 aliphatic carbocycles. The molecule has 110 valence electrons. The largest absolute Gasteiger partial charge is 0.379 e. The maximum Gasteiger partial charge on any atom is 0.227 e. The normalized spacial score (nSPS) is 31.3. The minimum absolute atomic E-state index is 0.0418. The minimum Gasteiger partial charge on any atom is -0.379 e. The van der Waals surface area contributed by atoms with Gasteiger partial charge in [-0.25, -0.2) is 0 Å². The number of likely N-dealkylation sites (tertiary alicyclic amines) is 1. The topological polar surface area (TPSA) is 53.6 Å². The van der Waals surface area contributed by atoms with E-state index in [9.17, 15) is 4.79 Å². The van der Waals surface area contributed by atoms with E-state index in [2.05, 4.69) is 29.5 Å². The summed E-state index contributed by atoms with van der Waals surface area (Å²) in [6.45, 7) is 6.48. The molecule has 5 nitrogen and oxygen atoms in total. The van der Waals surface area contributed by atoms with Gasteiger partial charge in [-0.2, -0.15) is 0 Å². The highest BCUT2D eigenvalue weighted by molar-refractivity contribution is 5.79. The first-order chi connectivity index (χ1) is 9.04. The summed E-state index contributed by atoms with van der Waals surface area (Å²) in [4.78, 5) is 14.6. The Hall–Kier alpha value is -0.650. The number of carbonyl (C=O) groups excluding carboxylic acids is 1. The average Bonchev–Trinajstić information content (AvgIpc) is 2.88. The summed E-state index contributed by atoms with van der Waals surface area (Å²) in [5.74, 6) is 0.0943. The number of nitrogens with one attached hydrogen (secondary N) is 2. The number of ether oxygens (including phenoxy) is 1. The highest BCUT2D eigenvalue weighted by atomic mass is 16.5. The van der Waals surface area contributed by atoms with E-state index in [-0.39, 0.29) is 23.3 Å². The van der Waals surface area contributed by atoms with Gasteiger partial charge in [0.05, 0.1) is 19.1 Å². The molecule has 2 fully saturated rings. The minimum atomic E-state index is -0.0418. The molecule has 0 spiro atoms. The molecule has 2 unspecified atom stereocenters. The number of hydrogen-bond donors (Lipinski definition) is 2. The SMILES string of the molecule is CNC1COCC1C(=O)NCC1(C)CCN(C)CC1. The molecule has 1 amide bonds. The van der Waals surface area contributed by atoms with Crippen molar-refractivity contribution < 1.29 is 9.53 Å². The zero-order chi connectivity index (χ0) is 13.9. The van der Waals surface area contributed by atoms with E-state index < -0.39 is 0 Å². The summed E-state index contributed by atoms with van der Waals surface area (Å²) in [5.41, 5.74) is 0.247. The molecule has 2 N–H and O–H groups in total. The molecule has 0 bridgehead atoms. The number of piperidine rings is 1. The van der Waals surface area contributed by atoms with Crippen LogP contribution in [0.3, 0.4) is 0 Å². The number of hydrogen-bond acceptors (Lipinski definition) is 4. The van der Waals surface area contributed by atoms with Crippen LogP contribution in [0.1, 0.15) is 19.8 Å². The molecule has 0 aromatic rings. The summed E-state index contributed by atoms with van der Waals surface area (Å²) in [7, 11) is 4.05. The fourth-order valence-electron chi connectivity index (χ4n) is 2.86. The molecule has 2 saturated heterocycles. The van der Waals surface area contributed by atoms with Gasteiger partial charge < -0.3 is 20.3 Å². The third-order valence-electron chi connectivity index (χ3n) is 4.67. The number of likely N-dealkylation sites (N-methyl/N-ethyl adjacent to an activating group) is 1. The lowest BCUT2D eigenvalue weighted by atomic mass is 9.80. The average molecular weight is 269 g/mol. The smallest absolute Gasteiger partial charge is 0.227 e. The molecule has 0 aromatic carbocycles. The highest BCUT2D eigenvalue weighted by Gasteiger charge is 2.35. The van der Waals surface area contributed by atoms with Crippen LogP contribution in [0.15, 0.2) is 0 Å². The van der Waals surface area contributed by atoms with E-state index in [1.54, 1.807) is 0 Å². The molecule has 0 aromatic heterocycles. The second kappa shape index (κ2) is 6.20. The van der Waals surface area contributed by atoms with Gasteiger partial charge >= 0.3 is 0 Å². The van der Waals surface area contributed by atoms with Gasteiger partial charge in [0.15, 0.2) is 0 Å². The first kappa shape index (κ1) is 14.8. The maximum absolute atomic E-state index is 12.2. The van der Waals surface area contributed by atoms with Crippen LogP contribution >= 0.6 is 0 Å². The summed E-state index contributed by atoms with van der Waals surface area (Å²) in [5, 5.41) is 6.29. The van der Waals surface area contributed by atoms with Crippen LogP contribution in [0.4, 0.5) is 0 Å². The summed E-state index contributed by atoms with van der Waals surface area (Å²) in [6, 6.07) is 0.158. The van der Waals surface area contributed by atoms with Gasteiger partial charge in [-0.3, -0.25) is 4.79 Å². The van der Waals surface area contributed by atoms with E-state index >= 15 is 0 Å². The maximum atomic E-state index is 12.2. The van der Waals surface area contributed by atoms with Crippen molar-refractivity contribution in [2.75, 3.05) is 46.9 Å². The lowest BCUT2D eigenvalue weighted by Gasteiger charge is -2.38. The molecule has 2 heterocycles. The van der Waals surface area contributed by atoms with Crippen LogP contribution in [0, 0.1) is 11.3 Å². The molecule has 2 rings (SSSR count). The molecule has 0 saturated carbocycles. The third-order valence-corrected chi connectivity index (χ3v) is 4.67. The molecule has 2 atom stereocenters. The Bertz CT molecular complexity index is 314. The fraction of sp³-hybridized carbons (Fsp3) is 0.929. The predicted molar refractivity (Wildman–Crippen MR) is 75.0 cm³/mol. The van der Waals surface area contributed by atoms with E-state index in [1.165, 1.54) is 0 Å². The Morgan fingerprint density at radius 1 is 1.37 bits per heavy atom. The van der Waals surface area contributed by atoms with Gasteiger partial charge in [-0.1, -0.05) is 6.92 Å². The molecule has 2 aliphatic heterocycles. The van der Waals surface area contributed by atoms with Crippen molar-refractivity contribution in [3.63, 3.8) is 0 Å². The van der Waals surface area contributed by atoms with Crippen LogP contribution in [-0.2, 0) is 9.53 Å². The summed E-state index contributed by atoms with van der Waals surface area (Å²) in [6.07, 6.45) is 2.31.